The van der Waals surface area contributed by atoms with Gasteiger partial charge in [-0.3, -0.25) is 14.6 Å². The van der Waals surface area contributed by atoms with Crippen molar-refractivity contribution in [3.63, 3.8) is 0 Å². The molecule has 2 aromatic carbocycles. The Morgan fingerprint density at radius 2 is 1.66 bits per heavy atom. The topological polar surface area (TPSA) is 105 Å². The fraction of sp³-hybridized carbons (Fsp3) is 0.261. The fourth-order valence-electron chi connectivity index (χ4n) is 3.12. The lowest BCUT2D eigenvalue weighted by Gasteiger charge is -2.17. The van der Waals surface area contributed by atoms with Crippen LogP contribution in [0.25, 0.3) is 0 Å². The number of aliphatic imine (C=N–C) groups is 1. The molecular formula is C23H21F6N3O3. The normalized spacial score (nSPS) is 13.0. The molecule has 4 N–H and O–H groups in total. The molecule has 0 heterocycles. The lowest BCUT2D eigenvalue weighted by atomic mass is 10.0. The predicted molar refractivity (Wildman–Crippen MR) is 117 cm³/mol. The average Bonchev–Trinajstić information content (AvgIpc) is 2.74. The van der Waals surface area contributed by atoms with Gasteiger partial charge in [0.15, 0.2) is 5.71 Å². The van der Waals surface area contributed by atoms with E-state index in [9.17, 15) is 35.9 Å². The lowest BCUT2D eigenvalue weighted by molar-refractivity contribution is -0.137. The summed E-state index contributed by atoms with van der Waals surface area (Å²) >= 11 is 0. The number of benzene rings is 2. The van der Waals surface area contributed by atoms with Gasteiger partial charge >= 0.3 is 18.3 Å². The average molecular weight is 501 g/mol. The van der Waals surface area contributed by atoms with Crippen LogP contribution in [0, 0.1) is 0 Å². The van der Waals surface area contributed by atoms with E-state index in [2.05, 4.69) is 4.99 Å². The Hall–Kier alpha value is -3.83. The Morgan fingerprint density at radius 3 is 2.20 bits per heavy atom. The maximum atomic E-state index is 13.6. The van der Waals surface area contributed by atoms with E-state index in [0.29, 0.717) is 18.7 Å². The van der Waals surface area contributed by atoms with Crippen molar-refractivity contribution in [2.45, 2.75) is 31.6 Å². The number of aryl methyl sites for hydroxylation is 1. The lowest BCUT2D eigenvalue weighted by Crippen LogP contribution is -2.33. The quantitative estimate of drug-likeness (QED) is 0.200. The molecule has 0 radical (unpaired) electrons. The van der Waals surface area contributed by atoms with Crippen LogP contribution in [0.5, 0.6) is 0 Å². The number of nitrogens with two attached hydrogens (primary N) is 1. The third-order valence-corrected chi connectivity index (χ3v) is 4.66. The van der Waals surface area contributed by atoms with Crippen LogP contribution in [-0.4, -0.2) is 35.4 Å². The zero-order valence-corrected chi connectivity index (χ0v) is 18.1. The van der Waals surface area contributed by atoms with Gasteiger partial charge in [0.05, 0.1) is 23.2 Å². The molecule has 0 saturated heterocycles. The van der Waals surface area contributed by atoms with E-state index in [-0.39, 0.29) is 18.5 Å². The molecule has 0 aliphatic rings. The number of anilines is 1. The Bertz CT molecular complexity index is 1110. The Morgan fingerprint density at radius 1 is 1.00 bits per heavy atom. The molecule has 0 aliphatic carbocycles. The van der Waals surface area contributed by atoms with Gasteiger partial charge in [0, 0.05) is 12.7 Å². The Balaban J connectivity index is 2.30. The standard InChI is InChI=1S/C23H21F6N3O3/c24-22(25,26)17-9-8-15(12-19(33)34)11-18(17)32-21(35)16(13-30)20(23(27,28)29)31-10-4-7-14-5-2-1-3-6-14/h1-3,5-6,8-9,11,13H,4,7,10,12,30H2,(H,32,35)(H,33,34). The molecular weight excluding hydrogens is 480 g/mol. The molecule has 35 heavy (non-hydrogen) atoms. The second-order valence-electron chi connectivity index (χ2n) is 7.30. The van der Waals surface area contributed by atoms with Gasteiger partial charge < -0.3 is 16.2 Å². The van der Waals surface area contributed by atoms with Crippen LogP contribution in [0.15, 0.2) is 65.3 Å². The zero-order valence-electron chi connectivity index (χ0n) is 18.1. The SMILES string of the molecule is NC=C(C(=O)Nc1cc(CC(=O)O)ccc1C(F)(F)F)C(=NCCCc1ccccc1)C(F)(F)F. The molecule has 188 valence electrons. The first-order valence-corrected chi connectivity index (χ1v) is 10.1. The van der Waals surface area contributed by atoms with Crippen LogP contribution >= 0.6 is 0 Å². The van der Waals surface area contributed by atoms with Crippen molar-refractivity contribution in [1.82, 2.24) is 0 Å². The highest BCUT2D eigenvalue weighted by Gasteiger charge is 2.41. The molecule has 12 heteroatoms. The van der Waals surface area contributed by atoms with Gasteiger partial charge in [0.1, 0.15) is 0 Å². The highest BCUT2D eigenvalue weighted by molar-refractivity contribution is 6.27. The summed E-state index contributed by atoms with van der Waals surface area (Å²) in [5.41, 5.74) is 0.903. The molecule has 0 saturated carbocycles. The highest BCUT2D eigenvalue weighted by atomic mass is 19.4. The number of amides is 1. The fourth-order valence-corrected chi connectivity index (χ4v) is 3.12. The van der Waals surface area contributed by atoms with Gasteiger partial charge in [0.2, 0.25) is 0 Å². The molecule has 2 rings (SSSR count). The number of alkyl halides is 6. The van der Waals surface area contributed by atoms with Crippen LogP contribution in [0.1, 0.15) is 23.1 Å². The Labute approximate surface area is 196 Å². The van der Waals surface area contributed by atoms with Gasteiger partial charge in [0.25, 0.3) is 5.91 Å². The molecule has 0 aromatic heterocycles. The van der Waals surface area contributed by atoms with Crippen molar-refractivity contribution in [3.8, 4) is 0 Å². The van der Waals surface area contributed by atoms with Crippen LogP contribution in [0.4, 0.5) is 32.0 Å². The van der Waals surface area contributed by atoms with E-state index in [0.717, 1.165) is 17.7 Å². The van der Waals surface area contributed by atoms with E-state index in [1.807, 2.05) is 0 Å². The molecule has 0 spiro atoms. The minimum Gasteiger partial charge on any atom is -0.481 e. The summed E-state index contributed by atoms with van der Waals surface area (Å²) in [7, 11) is 0. The third kappa shape index (κ3) is 8.16. The Kier molecular flexibility index (Phi) is 9.04. The number of carboxylic acids is 1. The van der Waals surface area contributed by atoms with Gasteiger partial charge in [-0.2, -0.15) is 26.3 Å². The number of carbonyl (C=O) groups excluding carboxylic acids is 1. The number of rotatable bonds is 9. The van der Waals surface area contributed by atoms with Crippen LogP contribution in [0.3, 0.4) is 0 Å². The van der Waals surface area contributed by atoms with E-state index in [1.165, 1.54) is 0 Å². The molecule has 6 nitrogen and oxygen atoms in total. The maximum absolute atomic E-state index is 13.6. The number of halogens is 6. The van der Waals surface area contributed by atoms with E-state index < -0.39 is 53.2 Å². The number of carboxylic acid groups (broad SMARTS) is 1. The van der Waals surface area contributed by atoms with Crippen LogP contribution in [-0.2, 0) is 28.6 Å². The minimum absolute atomic E-state index is 0.107. The summed E-state index contributed by atoms with van der Waals surface area (Å²) in [5, 5.41) is 10.6. The van der Waals surface area contributed by atoms with Crippen molar-refractivity contribution < 1.29 is 41.0 Å². The van der Waals surface area contributed by atoms with E-state index >= 15 is 0 Å². The van der Waals surface area contributed by atoms with Crippen molar-refractivity contribution >= 4 is 23.3 Å². The first kappa shape index (κ1) is 27.4. The maximum Gasteiger partial charge on any atom is 0.433 e. The van der Waals surface area contributed by atoms with Gasteiger partial charge in [-0.1, -0.05) is 36.4 Å². The highest BCUT2D eigenvalue weighted by Crippen LogP contribution is 2.36. The molecule has 0 unspecified atom stereocenters. The van der Waals surface area contributed by atoms with Gasteiger partial charge in [-0.05, 0) is 36.1 Å². The summed E-state index contributed by atoms with van der Waals surface area (Å²) in [6.07, 6.45) is -9.83. The third-order valence-electron chi connectivity index (χ3n) is 4.66. The van der Waals surface area contributed by atoms with Crippen LogP contribution in [0.2, 0.25) is 0 Å². The van der Waals surface area contributed by atoms with Crippen molar-refractivity contribution in [1.29, 1.82) is 0 Å². The molecule has 0 bridgehead atoms. The molecule has 0 fully saturated rings. The number of hydrogen-bond acceptors (Lipinski definition) is 4. The van der Waals surface area contributed by atoms with Gasteiger partial charge in [-0.15, -0.1) is 0 Å². The first-order chi connectivity index (χ1) is 16.3. The number of nitrogens with one attached hydrogen (secondary N) is 1. The largest absolute Gasteiger partial charge is 0.481 e. The summed E-state index contributed by atoms with van der Waals surface area (Å²) in [6.45, 7) is -0.323. The number of nitrogens with zero attached hydrogens (tertiary/aromatic N) is 1. The van der Waals surface area contributed by atoms with E-state index in [4.69, 9.17) is 10.8 Å². The number of aliphatic carboxylic acids is 1. The second kappa shape index (κ2) is 11.5. The first-order valence-electron chi connectivity index (χ1n) is 10.1. The van der Waals surface area contributed by atoms with Crippen molar-refractivity contribution in [3.05, 3.63) is 77.0 Å². The van der Waals surface area contributed by atoms with Gasteiger partial charge in [-0.25, -0.2) is 0 Å². The minimum atomic E-state index is -5.12. The number of carbonyl (C=O) groups is 2. The molecule has 0 atom stereocenters. The second-order valence-corrected chi connectivity index (χ2v) is 7.30. The van der Waals surface area contributed by atoms with Crippen molar-refractivity contribution in [2.75, 3.05) is 11.9 Å². The van der Waals surface area contributed by atoms with E-state index in [1.54, 1.807) is 35.6 Å². The zero-order chi connectivity index (χ0) is 26.2. The molecule has 2 aromatic rings. The van der Waals surface area contributed by atoms with Crippen molar-refractivity contribution in [2.24, 2.45) is 10.7 Å². The summed E-state index contributed by atoms with van der Waals surface area (Å²) in [5.74, 6) is -2.93. The molecule has 1 amide bonds. The summed E-state index contributed by atoms with van der Waals surface area (Å²) in [6, 6.07) is 11.0. The predicted octanol–water partition coefficient (Wildman–Crippen LogP) is 4.75. The smallest absolute Gasteiger partial charge is 0.433 e. The van der Waals surface area contributed by atoms with Crippen LogP contribution < -0.4 is 11.1 Å². The number of hydrogen-bond donors (Lipinski definition) is 3. The monoisotopic (exact) mass is 501 g/mol. The summed E-state index contributed by atoms with van der Waals surface area (Å²) in [4.78, 5) is 26.9. The summed E-state index contributed by atoms with van der Waals surface area (Å²) < 4.78 is 81.0. The molecule has 0 aliphatic heterocycles.